The summed E-state index contributed by atoms with van der Waals surface area (Å²) in [5, 5.41) is 2.76. The highest BCUT2D eigenvalue weighted by Gasteiger charge is 2.22. The molecule has 0 radical (unpaired) electrons. The zero-order chi connectivity index (χ0) is 16.4. The van der Waals surface area contributed by atoms with Crippen molar-refractivity contribution in [3.05, 3.63) is 53.8 Å². The van der Waals surface area contributed by atoms with Crippen molar-refractivity contribution in [2.45, 2.75) is 6.42 Å². The summed E-state index contributed by atoms with van der Waals surface area (Å²) < 4.78 is 18.2. The molecule has 0 saturated carbocycles. The third-order valence-corrected chi connectivity index (χ3v) is 3.61. The number of carbonyl (C=O) groups is 2. The van der Waals surface area contributed by atoms with E-state index < -0.39 is 0 Å². The van der Waals surface area contributed by atoms with Gasteiger partial charge in [-0.05, 0) is 35.9 Å². The van der Waals surface area contributed by atoms with E-state index >= 15 is 0 Å². The monoisotopic (exact) mass is 314 g/mol. The van der Waals surface area contributed by atoms with Crippen LogP contribution in [0, 0.1) is 5.82 Å². The van der Waals surface area contributed by atoms with Gasteiger partial charge in [0.1, 0.15) is 11.6 Å². The topological polar surface area (TPSA) is 58.6 Å². The van der Waals surface area contributed by atoms with E-state index in [2.05, 4.69) is 5.32 Å². The first-order chi connectivity index (χ1) is 11.0. The molecule has 0 atom stereocenters. The van der Waals surface area contributed by atoms with E-state index in [-0.39, 0.29) is 30.7 Å². The predicted octanol–water partition coefficient (Wildman–Crippen LogP) is 2.36. The van der Waals surface area contributed by atoms with Gasteiger partial charge in [0.25, 0.3) is 5.91 Å². The van der Waals surface area contributed by atoms with Gasteiger partial charge in [0, 0.05) is 12.7 Å². The molecule has 1 aliphatic rings. The lowest BCUT2D eigenvalue weighted by Gasteiger charge is -2.26. The van der Waals surface area contributed by atoms with Gasteiger partial charge >= 0.3 is 0 Å². The zero-order valence-electron chi connectivity index (χ0n) is 12.5. The smallest absolute Gasteiger partial charge is 0.264 e. The Morgan fingerprint density at radius 3 is 2.74 bits per heavy atom. The van der Waals surface area contributed by atoms with E-state index in [1.165, 1.54) is 17.0 Å². The van der Waals surface area contributed by atoms with E-state index in [1.54, 1.807) is 37.4 Å². The second-order valence-electron chi connectivity index (χ2n) is 5.28. The number of ether oxygens (including phenoxy) is 1. The van der Waals surface area contributed by atoms with Gasteiger partial charge in [-0.3, -0.25) is 9.59 Å². The number of amides is 2. The number of nitrogens with one attached hydrogen (secondary N) is 1. The van der Waals surface area contributed by atoms with Crippen LogP contribution in [0.25, 0.3) is 0 Å². The number of hydrogen-bond donors (Lipinski definition) is 1. The van der Waals surface area contributed by atoms with Crippen molar-refractivity contribution >= 4 is 23.2 Å². The van der Waals surface area contributed by atoms with Crippen molar-refractivity contribution < 1.29 is 18.7 Å². The first kappa shape index (κ1) is 15.0. The van der Waals surface area contributed by atoms with E-state index in [9.17, 15) is 14.0 Å². The average Bonchev–Trinajstić information content (AvgIpc) is 2.53. The highest BCUT2D eigenvalue weighted by atomic mass is 19.1. The second kappa shape index (κ2) is 6.08. The van der Waals surface area contributed by atoms with Crippen LogP contribution in [-0.4, -0.2) is 25.5 Å². The molecule has 5 nitrogen and oxygen atoms in total. The maximum absolute atomic E-state index is 12.9. The summed E-state index contributed by atoms with van der Waals surface area (Å²) >= 11 is 0. The zero-order valence-corrected chi connectivity index (χ0v) is 12.5. The van der Waals surface area contributed by atoms with Gasteiger partial charge in [0.2, 0.25) is 5.91 Å². The minimum atomic E-state index is -0.337. The summed E-state index contributed by atoms with van der Waals surface area (Å²) in [5.41, 5.74) is 1.90. The minimum absolute atomic E-state index is 0.0137. The molecule has 2 aromatic rings. The van der Waals surface area contributed by atoms with Crippen LogP contribution < -0.4 is 15.0 Å². The van der Waals surface area contributed by atoms with Gasteiger partial charge in [0.15, 0.2) is 6.61 Å². The minimum Gasteiger partial charge on any atom is -0.482 e. The first-order valence-electron chi connectivity index (χ1n) is 7.10. The lowest BCUT2D eigenvalue weighted by atomic mass is 10.1. The molecule has 23 heavy (non-hydrogen) atoms. The van der Waals surface area contributed by atoms with Crippen LogP contribution in [-0.2, 0) is 16.0 Å². The van der Waals surface area contributed by atoms with Gasteiger partial charge in [-0.15, -0.1) is 0 Å². The van der Waals surface area contributed by atoms with Crippen LogP contribution in [0.2, 0.25) is 0 Å². The number of anilines is 2. The highest BCUT2D eigenvalue weighted by molar-refractivity contribution is 5.99. The molecule has 1 N–H and O–H groups in total. The summed E-state index contributed by atoms with van der Waals surface area (Å²) in [5.74, 6) is -0.102. The van der Waals surface area contributed by atoms with Crippen molar-refractivity contribution in [2.24, 2.45) is 0 Å². The van der Waals surface area contributed by atoms with Crippen molar-refractivity contribution in [1.29, 1.82) is 0 Å². The Hall–Kier alpha value is -2.89. The largest absolute Gasteiger partial charge is 0.482 e. The average molecular weight is 314 g/mol. The maximum atomic E-state index is 12.9. The fourth-order valence-corrected chi connectivity index (χ4v) is 2.34. The van der Waals surface area contributed by atoms with Crippen molar-refractivity contribution in [2.75, 3.05) is 23.9 Å². The third-order valence-electron chi connectivity index (χ3n) is 3.61. The van der Waals surface area contributed by atoms with Crippen LogP contribution in [0.15, 0.2) is 42.5 Å². The Labute approximate surface area is 132 Å². The van der Waals surface area contributed by atoms with E-state index in [1.807, 2.05) is 0 Å². The molecule has 2 amide bonds. The molecule has 0 aromatic heterocycles. The molecule has 0 unspecified atom stereocenters. The number of benzene rings is 2. The number of hydrogen-bond acceptors (Lipinski definition) is 3. The molecule has 0 spiro atoms. The van der Waals surface area contributed by atoms with Crippen LogP contribution in [0.4, 0.5) is 15.8 Å². The second-order valence-corrected chi connectivity index (χ2v) is 5.28. The third kappa shape index (κ3) is 3.31. The molecular weight excluding hydrogens is 299 g/mol. The fourth-order valence-electron chi connectivity index (χ4n) is 2.34. The van der Waals surface area contributed by atoms with Gasteiger partial charge in [0.05, 0.1) is 12.1 Å². The number of carbonyl (C=O) groups excluding carboxylic acids is 2. The summed E-state index contributed by atoms with van der Waals surface area (Å²) in [6.45, 7) is 0.0137. The number of rotatable bonds is 3. The van der Waals surface area contributed by atoms with E-state index in [0.717, 1.165) is 5.56 Å². The standard InChI is InChI=1S/C17H15FN2O3/c1-20-14-9-13(6-7-15(14)23-10-17(20)22)19-16(21)8-11-2-4-12(18)5-3-11/h2-7,9H,8,10H2,1H3,(H,19,21). The number of likely N-dealkylation sites (N-methyl/N-ethyl adjacent to an activating group) is 1. The Morgan fingerprint density at radius 1 is 1.26 bits per heavy atom. The highest BCUT2D eigenvalue weighted by Crippen LogP contribution is 2.33. The Bertz CT molecular complexity index is 759. The molecule has 3 rings (SSSR count). The number of halogens is 1. The molecule has 6 heteroatoms. The molecule has 1 heterocycles. The number of fused-ring (bicyclic) bond motifs is 1. The van der Waals surface area contributed by atoms with E-state index in [0.29, 0.717) is 17.1 Å². The Kier molecular flexibility index (Phi) is 3.97. The quantitative estimate of drug-likeness (QED) is 0.946. The summed E-state index contributed by atoms with van der Waals surface area (Å²) in [4.78, 5) is 25.2. The van der Waals surface area contributed by atoms with Gasteiger partial charge < -0.3 is 15.0 Å². The van der Waals surface area contributed by atoms with Crippen LogP contribution >= 0.6 is 0 Å². The van der Waals surface area contributed by atoms with Crippen LogP contribution in [0.1, 0.15) is 5.56 Å². The molecule has 0 aliphatic carbocycles. The van der Waals surface area contributed by atoms with E-state index in [4.69, 9.17) is 4.74 Å². The summed E-state index contributed by atoms with van der Waals surface area (Å²) in [6.07, 6.45) is 0.142. The van der Waals surface area contributed by atoms with Gasteiger partial charge in [-0.2, -0.15) is 0 Å². The normalized spacial score (nSPS) is 13.3. The lowest BCUT2D eigenvalue weighted by Crippen LogP contribution is -2.35. The van der Waals surface area contributed by atoms with Crippen molar-refractivity contribution in [3.8, 4) is 5.75 Å². The van der Waals surface area contributed by atoms with Crippen LogP contribution in [0.5, 0.6) is 5.75 Å². The molecule has 2 aromatic carbocycles. The van der Waals surface area contributed by atoms with Gasteiger partial charge in [-0.25, -0.2) is 4.39 Å². The molecule has 1 aliphatic heterocycles. The predicted molar refractivity (Wildman–Crippen MR) is 84.1 cm³/mol. The maximum Gasteiger partial charge on any atom is 0.264 e. The summed E-state index contributed by atoms with van der Waals surface area (Å²) in [7, 11) is 1.66. The number of nitrogens with zero attached hydrogens (tertiary/aromatic N) is 1. The molecule has 0 fully saturated rings. The van der Waals surface area contributed by atoms with Gasteiger partial charge in [-0.1, -0.05) is 12.1 Å². The lowest BCUT2D eigenvalue weighted by molar-refractivity contribution is -0.121. The molecule has 118 valence electrons. The Balaban J connectivity index is 1.71. The Morgan fingerprint density at radius 2 is 2.00 bits per heavy atom. The summed E-state index contributed by atoms with van der Waals surface area (Å²) in [6, 6.07) is 10.9. The fraction of sp³-hybridized carbons (Fsp3) is 0.176. The first-order valence-corrected chi connectivity index (χ1v) is 7.10. The SMILES string of the molecule is CN1C(=O)COc2ccc(NC(=O)Cc3ccc(F)cc3)cc21. The van der Waals surface area contributed by atoms with Crippen LogP contribution in [0.3, 0.4) is 0 Å². The molecular formula is C17H15FN2O3. The van der Waals surface area contributed by atoms with Crippen molar-refractivity contribution in [3.63, 3.8) is 0 Å². The molecule has 0 bridgehead atoms. The van der Waals surface area contributed by atoms with Crippen molar-refractivity contribution in [1.82, 2.24) is 0 Å². The molecule has 0 saturated heterocycles.